The van der Waals surface area contributed by atoms with Crippen LogP contribution in [0.3, 0.4) is 0 Å². The van der Waals surface area contributed by atoms with E-state index >= 15 is 0 Å². The minimum Gasteiger partial charge on any atom is -0.497 e. The molecule has 0 N–H and O–H groups in total. The fourth-order valence-electron chi connectivity index (χ4n) is 6.65. The molecule has 1 heterocycles. The molecule has 1 aromatic carbocycles. The molecule has 4 nitrogen and oxygen atoms in total. The van der Waals surface area contributed by atoms with E-state index in [1.54, 1.807) is 7.11 Å². The van der Waals surface area contributed by atoms with E-state index in [-0.39, 0.29) is 16.6 Å². The third-order valence-electron chi connectivity index (χ3n) is 8.25. The molecule has 1 saturated heterocycles. The topological polar surface area (TPSA) is 44.8 Å². The van der Waals surface area contributed by atoms with E-state index in [1.807, 2.05) is 12.1 Å². The second-order valence-electron chi connectivity index (χ2n) is 10.4. The van der Waals surface area contributed by atoms with E-state index in [9.17, 15) is 4.79 Å². The van der Waals surface area contributed by atoms with E-state index in [2.05, 4.69) is 26.8 Å². The van der Waals surface area contributed by atoms with Crippen LogP contribution in [0.25, 0.3) is 0 Å². The summed E-state index contributed by atoms with van der Waals surface area (Å²) in [5.74, 6) is 1.93. The number of ether oxygens (including phenoxy) is 3. The van der Waals surface area contributed by atoms with Crippen LogP contribution in [-0.4, -0.2) is 31.9 Å². The highest BCUT2D eigenvalue weighted by Gasteiger charge is 2.65. The predicted molar refractivity (Wildman–Crippen MR) is 107 cm³/mol. The normalized spacial score (nSPS) is 37.9. The molecule has 3 aliphatic carbocycles. The minimum atomic E-state index is -0.457. The Morgan fingerprint density at radius 1 is 1.07 bits per heavy atom. The molecular weight excluding hydrogens is 352 g/mol. The van der Waals surface area contributed by atoms with Gasteiger partial charge >= 0.3 is 0 Å². The Balaban J connectivity index is 1.47. The van der Waals surface area contributed by atoms with E-state index in [1.165, 1.54) is 5.56 Å². The van der Waals surface area contributed by atoms with Crippen LogP contribution in [0.4, 0.5) is 0 Å². The number of hydrogen-bond acceptors (Lipinski definition) is 4. The molecule has 1 spiro atoms. The number of carbonyl (C=O) groups is 1. The Morgan fingerprint density at radius 3 is 2.54 bits per heavy atom. The molecule has 4 heteroatoms. The third kappa shape index (κ3) is 2.46. The van der Waals surface area contributed by atoms with Crippen molar-refractivity contribution < 1.29 is 19.0 Å². The molecule has 4 atom stereocenters. The molecule has 152 valence electrons. The van der Waals surface area contributed by atoms with E-state index in [4.69, 9.17) is 14.2 Å². The van der Waals surface area contributed by atoms with Crippen LogP contribution in [0.2, 0.25) is 0 Å². The van der Waals surface area contributed by atoms with Gasteiger partial charge in [0.1, 0.15) is 5.75 Å². The lowest BCUT2D eigenvalue weighted by molar-refractivity contribution is -0.345. The van der Waals surface area contributed by atoms with Gasteiger partial charge < -0.3 is 14.2 Å². The second kappa shape index (κ2) is 6.06. The standard InChI is InChI=1S/C24H32O4/c1-22(2)13-27-24(28-14-22)10-8-20-18-12-21(25)19-11-15(26-4)5-6-16(19)17(18)7-9-23(20,24)3/h5-6,11,17-18,20H,7-10,12-14H2,1-4H3/t17-,18-,20+,23+/m1/s1. The maximum atomic E-state index is 13.0. The second-order valence-corrected chi connectivity index (χ2v) is 10.4. The molecule has 2 saturated carbocycles. The first-order chi connectivity index (χ1) is 13.3. The summed E-state index contributed by atoms with van der Waals surface area (Å²) < 4.78 is 18.4. The van der Waals surface area contributed by atoms with E-state index in [0.717, 1.165) is 50.2 Å². The lowest BCUT2D eigenvalue weighted by Gasteiger charge is -2.56. The summed E-state index contributed by atoms with van der Waals surface area (Å²) >= 11 is 0. The zero-order chi connectivity index (χ0) is 19.7. The zero-order valence-electron chi connectivity index (χ0n) is 17.5. The molecular formula is C24H32O4. The molecule has 1 aromatic rings. The molecule has 1 aliphatic heterocycles. The van der Waals surface area contributed by atoms with Crippen LogP contribution >= 0.6 is 0 Å². The largest absolute Gasteiger partial charge is 0.497 e. The van der Waals surface area contributed by atoms with Crippen LogP contribution in [0, 0.1) is 22.7 Å². The molecule has 5 rings (SSSR count). The average molecular weight is 385 g/mol. The van der Waals surface area contributed by atoms with Gasteiger partial charge in [-0.2, -0.15) is 0 Å². The highest BCUT2D eigenvalue weighted by molar-refractivity contribution is 5.99. The molecule has 0 unspecified atom stereocenters. The number of benzene rings is 1. The summed E-state index contributed by atoms with van der Waals surface area (Å²) in [4.78, 5) is 13.0. The minimum absolute atomic E-state index is 0.00504. The van der Waals surface area contributed by atoms with Crippen molar-refractivity contribution in [2.75, 3.05) is 20.3 Å². The monoisotopic (exact) mass is 384 g/mol. The summed E-state index contributed by atoms with van der Waals surface area (Å²) in [5, 5.41) is 0. The first kappa shape index (κ1) is 18.6. The Labute approximate surface area is 167 Å². The van der Waals surface area contributed by atoms with Crippen molar-refractivity contribution in [3.8, 4) is 5.75 Å². The van der Waals surface area contributed by atoms with Crippen molar-refractivity contribution in [1.82, 2.24) is 0 Å². The lowest BCUT2D eigenvalue weighted by Crippen LogP contribution is -2.58. The fraction of sp³-hybridized carbons (Fsp3) is 0.708. The summed E-state index contributed by atoms with van der Waals surface area (Å²) in [7, 11) is 1.66. The maximum Gasteiger partial charge on any atom is 0.173 e. The Bertz CT molecular complexity index is 803. The van der Waals surface area contributed by atoms with E-state index in [0.29, 0.717) is 24.2 Å². The number of fused-ring (bicyclic) bond motifs is 6. The number of rotatable bonds is 1. The highest BCUT2D eigenvalue weighted by Crippen LogP contribution is 2.66. The molecule has 0 bridgehead atoms. The van der Waals surface area contributed by atoms with Crippen LogP contribution in [0.1, 0.15) is 74.7 Å². The van der Waals surface area contributed by atoms with Crippen LogP contribution < -0.4 is 4.74 Å². The number of methoxy groups -OCH3 is 1. The molecule has 28 heavy (non-hydrogen) atoms. The third-order valence-corrected chi connectivity index (χ3v) is 8.25. The Morgan fingerprint density at radius 2 is 1.82 bits per heavy atom. The quantitative estimate of drug-likeness (QED) is 0.686. The van der Waals surface area contributed by atoms with Gasteiger partial charge in [0.25, 0.3) is 0 Å². The van der Waals surface area contributed by atoms with Crippen LogP contribution in [-0.2, 0) is 9.47 Å². The summed E-state index contributed by atoms with van der Waals surface area (Å²) in [5.41, 5.74) is 2.19. The summed E-state index contributed by atoms with van der Waals surface area (Å²) in [6.07, 6.45) is 4.89. The van der Waals surface area contributed by atoms with Crippen molar-refractivity contribution in [2.45, 2.75) is 64.6 Å². The SMILES string of the molecule is COc1ccc2c(c1)C(=O)C[C@@H]1[C@@H]2CC[C@@]2(C)[C@H]1CCC21OCC(C)(C)CO1. The smallest absolute Gasteiger partial charge is 0.173 e. The molecule has 3 fully saturated rings. The number of ketones is 1. The van der Waals surface area contributed by atoms with Gasteiger partial charge in [0.15, 0.2) is 11.6 Å². The number of hydrogen-bond donors (Lipinski definition) is 0. The van der Waals surface area contributed by atoms with Crippen molar-refractivity contribution in [2.24, 2.45) is 22.7 Å². The molecule has 4 aliphatic rings. The summed E-state index contributed by atoms with van der Waals surface area (Å²) in [6.45, 7) is 8.29. The van der Waals surface area contributed by atoms with Crippen molar-refractivity contribution in [3.05, 3.63) is 29.3 Å². The molecule has 0 radical (unpaired) electrons. The van der Waals surface area contributed by atoms with Gasteiger partial charge in [-0.25, -0.2) is 0 Å². The van der Waals surface area contributed by atoms with Crippen LogP contribution in [0.15, 0.2) is 18.2 Å². The van der Waals surface area contributed by atoms with Gasteiger partial charge in [-0.1, -0.05) is 26.8 Å². The van der Waals surface area contributed by atoms with Gasteiger partial charge in [-0.05, 0) is 54.7 Å². The molecule has 0 aromatic heterocycles. The van der Waals surface area contributed by atoms with Gasteiger partial charge in [0, 0.05) is 29.2 Å². The van der Waals surface area contributed by atoms with Crippen molar-refractivity contribution >= 4 is 5.78 Å². The maximum absolute atomic E-state index is 13.0. The van der Waals surface area contributed by atoms with Crippen molar-refractivity contribution in [1.29, 1.82) is 0 Å². The van der Waals surface area contributed by atoms with Gasteiger partial charge in [0.05, 0.1) is 20.3 Å². The Hall–Kier alpha value is -1.39. The van der Waals surface area contributed by atoms with Crippen molar-refractivity contribution in [3.63, 3.8) is 0 Å². The first-order valence-electron chi connectivity index (χ1n) is 10.8. The van der Waals surface area contributed by atoms with Gasteiger partial charge in [0.2, 0.25) is 0 Å². The zero-order valence-corrected chi connectivity index (χ0v) is 17.5. The number of Topliss-reactive ketones (excluding diaryl/α,β-unsaturated/α-hetero) is 1. The highest BCUT2D eigenvalue weighted by atomic mass is 16.7. The lowest BCUT2D eigenvalue weighted by atomic mass is 9.54. The van der Waals surface area contributed by atoms with Gasteiger partial charge in [-0.3, -0.25) is 4.79 Å². The first-order valence-corrected chi connectivity index (χ1v) is 10.8. The fourth-order valence-corrected chi connectivity index (χ4v) is 6.65. The Kier molecular flexibility index (Phi) is 4.03. The van der Waals surface area contributed by atoms with E-state index < -0.39 is 5.79 Å². The summed E-state index contributed by atoms with van der Waals surface area (Å²) in [6, 6.07) is 6.08. The van der Waals surface area contributed by atoms with Gasteiger partial charge in [-0.15, -0.1) is 0 Å². The average Bonchev–Trinajstić information content (AvgIpc) is 2.97. The predicted octanol–water partition coefficient (Wildman–Crippen LogP) is 4.96. The molecule has 0 amide bonds. The number of carbonyl (C=O) groups excluding carboxylic acids is 1. The van der Waals surface area contributed by atoms with Crippen LogP contribution in [0.5, 0.6) is 5.75 Å².